The molecule has 1 saturated carbocycles. The van der Waals surface area contributed by atoms with Gasteiger partial charge in [0.2, 0.25) is 5.95 Å². The molecule has 0 amide bonds. The highest BCUT2D eigenvalue weighted by Gasteiger charge is 2.55. The van der Waals surface area contributed by atoms with Gasteiger partial charge in [0, 0.05) is 13.5 Å². The first-order chi connectivity index (χ1) is 14.8. The van der Waals surface area contributed by atoms with Crippen LogP contribution in [0.3, 0.4) is 0 Å². The lowest BCUT2D eigenvalue weighted by atomic mass is 9.87. The van der Waals surface area contributed by atoms with Crippen LogP contribution in [0, 0.1) is 5.92 Å². The van der Waals surface area contributed by atoms with Crippen molar-refractivity contribution in [2.45, 2.75) is 69.6 Å². The van der Waals surface area contributed by atoms with Gasteiger partial charge in [0.15, 0.2) is 28.9 Å². The maximum absolute atomic E-state index is 15.5. The van der Waals surface area contributed by atoms with Crippen molar-refractivity contribution >= 4 is 28.9 Å². The molecule has 170 valence electrons. The molecule has 0 bridgehead atoms. The van der Waals surface area contributed by atoms with Crippen LogP contribution in [-0.2, 0) is 14.3 Å². The van der Waals surface area contributed by atoms with Crippen LogP contribution in [0.15, 0.2) is 6.33 Å². The van der Waals surface area contributed by atoms with Crippen molar-refractivity contribution in [1.29, 1.82) is 0 Å². The van der Waals surface area contributed by atoms with Crippen molar-refractivity contribution in [3.8, 4) is 0 Å². The van der Waals surface area contributed by atoms with Gasteiger partial charge < -0.3 is 25.6 Å². The number of anilines is 2. The van der Waals surface area contributed by atoms with E-state index in [0.717, 1.165) is 25.7 Å². The average Bonchev–Trinajstić information content (AvgIpc) is 3.25. The van der Waals surface area contributed by atoms with E-state index in [0.29, 0.717) is 23.7 Å². The third-order valence-electron chi connectivity index (χ3n) is 6.23. The van der Waals surface area contributed by atoms with E-state index in [-0.39, 0.29) is 24.2 Å². The van der Waals surface area contributed by atoms with Gasteiger partial charge in [-0.05, 0) is 25.7 Å². The molecule has 1 aliphatic carbocycles. The van der Waals surface area contributed by atoms with E-state index in [1.807, 2.05) is 0 Å². The molecule has 2 fully saturated rings. The number of alkyl halides is 1. The number of rotatable bonds is 6. The second-order valence-corrected chi connectivity index (χ2v) is 8.52. The Hall–Kier alpha value is -2.53. The van der Waals surface area contributed by atoms with Gasteiger partial charge in [0.05, 0.1) is 6.33 Å². The summed E-state index contributed by atoms with van der Waals surface area (Å²) in [7, 11) is 1.66. The molecule has 4 atom stereocenters. The molecule has 2 aliphatic rings. The number of nitrogens with two attached hydrogens (primary N) is 1. The smallest absolute Gasteiger partial charge is 0.306 e. The second kappa shape index (κ2) is 8.54. The molecule has 1 saturated heterocycles. The van der Waals surface area contributed by atoms with Gasteiger partial charge in [0.1, 0.15) is 18.8 Å². The van der Waals surface area contributed by atoms with E-state index >= 15 is 4.39 Å². The van der Waals surface area contributed by atoms with Crippen LogP contribution >= 0.6 is 0 Å². The summed E-state index contributed by atoms with van der Waals surface area (Å²) in [5.41, 5.74) is 4.26. The van der Waals surface area contributed by atoms with E-state index in [4.69, 9.17) is 15.2 Å². The monoisotopic (exact) mass is 436 g/mol. The summed E-state index contributed by atoms with van der Waals surface area (Å²) in [4.78, 5) is 24.7. The molecule has 4 rings (SSSR count). The predicted octanol–water partition coefficient (Wildman–Crippen LogP) is 1.95. The summed E-state index contributed by atoms with van der Waals surface area (Å²) in [6, 6.07) is 0. The van der Waals surface area contributed by atoms with Gasteiger partial charge >= 0.3 is 5.97 Å². The zero-order chi connectivity index (χ0) is 22.2. The molecule has 2 aromatic rings. The number of ether oxygens (including phenoxy) is 2. The van der Waals surface area contributed by atoms with Crippen molar-refractivity contribution in [2.75, 3.05) is 24.7 Å². The van der Waals surface area contributed by atoms with Crippen LogP contribution in [0.4, 0.5) is 16.2 Å². The number of aromatic nitrogens is 4. The maximum atomic E-state index is 15.5. The number of fused-ring (bicyclic) bond motifs is 1. The van der Waals surface area contributed by atoms with Crippen molar-refractivity contribution in [3.63, 3.8) is 0 Å². The summed E-state index contributed by atoms with van der Waals surface area (Å²) < 4.78 is 28.0. The maximum Gasteiger partial charge on any atom is 0.306 e. The summed E-state index contributed by atoms with van der Waals surface area (Å²) in [5.74, 6) is 0.372. The number of carbonyl (C=O) groups excluding carboxylic acids is 1. The van der Waals surface area contributed by atoms with Gasteiger partial charge in [0.25, 0.3) is 0 Å². The fourth-order valence-corrected chi connectivity index (χ4v) is 4.49. The first-order valence-corrected chi connectivity index (χ1v) is 10.7. The zero-order valence-corrected chi connectivity index (χ0v) is 17.8. The molecule has 4 N–H and O–H groups in total. The Labute approximate surface area is 179 Å². The quantitative estimate of drug-likeness (QED) is 0.580. The highest BCUT2D eigenvalue weighted by Crippen LogP contribution is 2.42. The van der Waals surface area contributed by atoms with Crippen molar-refractivity contribution in [1.82, 2.24) is 19.5 Å². The molecule has 1 unspecified atom stereocenters. The topological polar surface area (TPSA) is 137 Å². The number of aliphatic hydroxyl groups is 1. The van der Waals surface area contributed by atoms with Gasteiger partial charge in [-0.25, -0.2) is 9.37 Å². The molecule has 0 aromatic carbocycles. The number of hydrogen-bond donors (Lipinski definition) is 3. The summed E-state index contributed by atoms with van der Waals surface area (Å²) in [5, 5.41) is 13.4. The lowest BCUT2D eigenvalue weighted by Gasteiger charge is -2.24. The molecule has 2 aromatic heterocycles. The van der Waals surface area contributed by atoms with Crippen LogP contribution in [0.1, 0.15) is 51.7 Å². The van der Waals surface area contributed by atoms with E-state index < -0.39 is 24.1 Å². The van der Waals surface area contributed by atoms with Crippen LogP contribution in [0.25, 0.3) is 11.2 Å². The van der Waals surface area contributed by atoms with Crippen LogP contribution < -0.4 is 11.1 Å². The second-order valence-electron chi connectivity index (χ2n) is 8.52. The number of hydrogen-bond acceptors (Lipinski definition) is 9. The Bertz CT molecular complexity index is 945. The highest BCUT2D eigenvalue weighted by atomic mass is 19.1. The van der Waals surface area contributed by atoms with Crippen molar-refractivity contribution < 1.29 is 23.8 Å². The van der Waals surface area contributed by atoms with Crippen molar-refractivity contribution in [3.05, 3.63) is 6.33 Å². The average molecular weight is 436 g/mol. The molecule has 3 heterocycles. The van der Waals surface area contributed by atoms with E-state index in [1.54, 1.807) is 7.05 Å². The molecule has 31 heavy (non-hydrogen) atoms. The summed E-state index contributed by atoms with van der Waals surface area (Å²) in [6.45, 7) is 1.01. The minimum absolute atomic E-state index is 0.00843. The van der Waals surface area contributed by atoms with Crippen LogP contribution in [0.2, 0.25) is 0 Å². The Morgan fingerprint density at radius 1 is 1.42 bits per heavy atom. The zero-order valence-electron chi connectivity index (χ0n) is 17.8. The van der Waals surface area contributed by atoms with Gasteiger partial charge in [-0.3, -0.25) is 9.36 Å². The van der Waals surface area contributed by atoms with Crippen molar-refractivity contribution in [2.24, 2.45) is 5.92 Å². The van der Waals surface area contributed by atoms with Gasteiger partial charge in [-0.1, -0.05) is 19.3 Å². The first kappa shape index (κ1) is 21.7. The lowest BCUT2D eigenvalue weighted by Crippen LogP contribution is -2.41. The SMILES string of the molecule is CNc1nc(N)nc2c1ncn2[C@@H]1OC(COC(=O)CC2CCCCC2)[C@@H](O)[C@@]1(C)F. The Balaban J connectivity index is 1.47. The molecule has 0 spiro atoms. The third-order valence-corrected chi connectivity index (χ3v) is 6.23. The predicted molar refractivity (Wildman–Crippen MR) is 111 cm³/mol. The van der Waals surface area contributed by atoms with Crippen LogP contribution in [0.5, 0.6) is 0 Å². The first-order valence-electron chi connectivity index (χ1n) is 10.7. The molecule has 11 heteroatoms. The number of esters is 1. The van der Waals surface area contributed by atoms with Crippen LogP contribution in [-0.4, -0.2) is 62.1 Å². The minimum atomic E-state index is -2.17. The fraction of sp³-hybridized carbons (Fsp3) is 0.700. The van der Waals surface area contributed by atoms with E-state index in [9.17, 15) is 9.90 Å². The Morgan fingerprint density at radius 3 is 2.87 bits per heavy atom. The van der Waals surface area contributed by atoms with Gasteiger partial charge in [-0.2, -0.15) is 9.97 Å². The Kier molecular flexibility index (Phi) is 5.98. The van der Waals surface area contributed by atoms with E-state index in [1.165, 1.54) is 24.2 Å². The number of aliphatic hydroxyl groups excluding tert-OH is 1. The number of nitrogens with zero attached hydrogens (tertiary/aromatic N) is 4. The molecular weight excluding hydrogens is 407 g/mol. The molecule has 1 aliphatic heterocycles. The molecule has 10 nitrogen and oxygen atoms in total. The minimum Gasteiger partial charge on any atom is -0.463 e. The standard InChI is InChI=1S/C20H29FN6O4/c1-20(21)15(29)12(9-30-13(28)8-11-6-4-3-5-7-11)31-18(20)27-10-24-14-16(23-2)25-19(22)26-17(14)27/h10-12,15,18,29H,3-9H2,1-2H3,(H3,22,23,25,26)/t12?,15-,18-,20-/m1/s1. The molecule has 0 radical (unpaired) electrons. The number of carbonyl (C=O) groups is 1. The fourth-order valence-electron chi connectivity index (χ4n) is 4.49. The third kappa shape index (κ3) is 4.16. The number of nitrogen functional groups attached to an aromatic ring is 1. The van der Waals surface area contributed by atoms with Gasteiger partial charge in [-0.15, -0.1) is 0 Å². The van der Waals surface area contributed by atoms with E-state index in [2.05, 4.69) is 20.3 Å². The summed E-state index contributed by atoms with van der Waals surface area (Å²) in [6.07, 6.45) is 3.48. The number of halogens is 1. The molecular formula is C20H29FN6O4. The largest absolute Gasteiger partial charge is 0.463 e. The number of nitrogens with one attached hydrogen (secondary N) is 1. The normalized spacial score (nSPS) is 29.4. The highest BCUT2D eigenvalue weighted by molar-refractivity contribution is 5.84. The summed E-state index contributed by atoms with van der Waals surface area (Å²) >= 11 is 0. The number of imidazole rings is 1. The lowest BCUT2D eigenvalue weighted by molar-refractivity contribution is -0.151. The Morgan fingerprint density at radius 2 is 2.16 bits per heavy atom.